The van der Waals surface area contributed by atoms with Crippen LogP contribution >= 0.6 is 0 Å². The van der Waals surface area contributed by atoms with Crippen LogP contribution in [-0.2, 0) is 6.61 Å². The van der Waals surface area contributed by atoms with Crippen LogP contribution in [0.4, 0.5) is 5.82 Å². The van der Waals surface area contributed by atoms with Crippen molar-refractivity contribution in [2.24, 2.45) is 5.92 Å². The van der Waals surface area contributed by atoms with Gasteiger partial charge in [0.05, 0.1) is 12.3 Å². The predicted molar refractivity (Wildman–Crippen MR) is 67.8 cm³/mol. The van der Waals surface area contributed by atoms with Crippen LogP contribution in [0.3, 0.4) is 0 Å². The first-order chi connectivity index (χ1) is 8.33. The van der Waals surface area contributed by atoms with Crippen LogP contribution in [0.15, 0.2) is 12.1 Å². The van der Waals surface area contributed by atoms with E-state index in [1.165, 1.54) is 25.7 Å². The Morgan fingerprint density at radius 3 is 2.82 bits per heavy atom. The molecule has 1 aromatic rings. The Morgan fingerprint density at radius 2 is 2.18 bits per heavy atom. The smallest absolute Gasteiger partial charge is 0.151 e. The lowest BCUT2D eigenvalue weighted by atomic mass is 9.98. The van der Waals surface area contributed by atoms with E-state index in [-0.39, 0.29) is 6.61 Å². The van der Waals surface area contributed by atoms with Crippen molar-refractivity contribution in [1.82, 2.24) is 10.2 Å². The van der Waals surface area contributed by atoms with Crippen LogP contribution in [0, 0.1) is 5.92 Å². The van der Waals surface area contributed by atoms with Gasteiger partial charge in [-0.2, -0.15) is 5.10 Å². The van der Waals surface area contributed by atoms with Crippen molar-refractivity contribution in [2.75, 3.05) is 18.0 Å². The highest BCUT2D eigenvalue weighted by Crippen LogP contribution is 2.22. The largest absolute Gasteiger partial charge is 0.390 e. The van der Waals surface area contributed by atoms with Crippen molar-refractivity contribution < 1.29 is 5.11 Å². The summed E-state index contributed by atoms with van der Waals surface area (Å²) in [6.45, 7) is 4.39. The average molecular weight is 235 g/mol. The van der Waals surface area contributed by atoms with E-state index < -0.39 is 0 Å². The van der Waals surface area contributed by atoms with Gasteiger partial charge in [-0.3, -0.25) is 0 Å². The molecule has 0 radical (unpaired) electrons. The zero-order valence-electron chi connectivity index (χ0n) is 10.5. The van der Waals surface area contributed by atoms with Crippen molar-refractivity contribution in [3.05, 3.63) is 17.8 Å². The van der Waals surface area contributed by atoms with E-state index in [4.69, 9.17) is 5.11 Å². The quantitative estimate of drug-likeness (QED) is 0.870. The van der Waals surface area contributed by atoms with Crippen LogP contribution in [0.2, 0.25) is 0 Å². The van der Waals surface area contributed by atoms with Gasteiger partial charge in [-0.1, -0.05) is 13.3 Å². The molecule has 0 aromatic carbocycles. The molecule has 17 heavy (non-hydrogen) atoms. The lowest BCUT2D eigenvalue weighted by Crippen LogP contribution is -2.25. The minimum Gasteiger partial charge on any atom is -0.390 e. The molecule has 2 rings (SSSR count). The summed E-state index contributed by atoms with van der Waals surface area (Å²) in [6, 6.07) is 3.81. The second-order valence-corrected chi connectivity index (χ2v) is 4.73. The third-order valence-electron chi connectivity index (χ3n) is 3.62. The molecule has 1 aliphatic rings. The van der Waals surface area contributed by atoms with Crippen LogP contribution < -0.4 is 4.90 Å². The van der Waals surface area contributed by atoms with Crippen molar-refractivity contribution >= 4 is 5.82 Å². The highest BCUT2D eigenvalue weighted by atomic mass is 16.3. The molecule has 0 bridgehead atoms. The molecule has 1 aliphatic heterocycles. The fourth-order valence-electron chi connectivity index (χ4n) is 2.41. The van der Waals surface area contributed by atoms with Gasteiger partial charge in [-0.15, -0.1) is 5.10 Å². The Hall–Kier alpha value is -1.16. The normalized spacial score (nSPS) is 21.3. The van der Waals surface area contributed by atoms with Gasteiger partial charge in [0, 0.05) is 13.1 Å². The minimum atomic E-state index is -0.0365. The van der Waals surface area contributed by atoms with Crippen molar-refractivity contribution in [2.45, 2.75) is 39.2 Å². The summed E-state index contributed by atoms with van der Waals surface area (Å²) in [5.74, 6) is 1.81. The monoisotopic (exact) mass is 235 g/mol. The third kappa shape index (κ3) is 3.16. The molecular formula is C13H21N3O. The topological polar surface area (TPSA) is 49.2 Å². The highest BCUT2D eigenvalue weighted by molar-refractivity contribution is 5.37. The van der Waals surface area contributed by atoms with Gasteiger partial charge in [-0.25, -0.2) is 0 Å². The zero-order valence-corrected chi connectivity index (χ0v) is 10.5. The summed E-state index contributed by atoms with van der Waals surface area (Å²) in [5.41, 5.74) is 0.634. The molecule has 0 aliphatic carbocycles. The van der Waals surface area contributed by atoms with E-state index in [0.717, 1.165) is 24.8 Å². The molecule has 4 nitrogen and oxygen atoms in total. The van der Waals surface area contributed by atoms with E-state index in [1.54, 1.807) is 0 Å². The molecule has 1 atom stereocenters. The molecule has 2 heterocycles. The second-order valence-electron chi connectivity index (χ2n) is 4.73. The number of nitrogens with zero attached hydrogens (tertiary/aromatic N) is 3. The van der Waals surface area contributed by atoms with Gasteiger partial charge < -0.3 is 10.0 Å². The van der Waals surface area contributed by atoms with Gasteiger partial charge in [0.2, 0.25) is 0 Å². The number of aliphatic hydroxyl groups excluding tert-OH is 1. The van der Waals surface area contributed by atoms with E-state index >= 15 is 0 Å². The molecule has 0 saturated carbocycles. The van der Waals surface area contributed by atoms with Gasteiger partial charge in [0.25, 0.3) is 0 Å². The minimum absolute atomic E-state index is 0.0365. The summed E-state index contributed by atoms with van der Waals surface area (Å²) < 4.78 is 0. The highest BCUT2D eigenvalue weighted by Gasteiger charge is 2.16. The first kappa shape index (κ1) is 12.3. The van der Waals surface area contributed by atoms with Gasteiger partial charge >= 0.3 is 0 Å². The SMILES string of the molecule is CCC1CCCN(c2ccc(CO)nn2)CC1. The van der Waals surface area contributed by atoms with E-state index in [0.29, 0.717) is 5.69 Å². The van der Waals surface area contributed by atoms with Crippen molar-refractivity contribution in [1.29, 1.82) is 0 Å². The number of rotatable bonds is 3. The van der Waals surface area contributed by atoms with Crippen LogP contribution in [0.1, 0.15) is 38.3 Å². The maximum atomic E-state index is 8.93. The summed E-state index contributed by atoms with van der Waals surface area (Å²) in [7, 11) is 0. The number of hydrogen-bond donors (Lipinski definition) is 1. The lowest BCUT2D eigenvalue weighted by Gasteiger charge is -2.20. The molecule has 0 spiro atoms. The molecule has 4 heteroatoms. The third-order valence-corrected chi connectivity index (χ3v) is 3.62. The van der Waals surface area contributed by atoms with Gasteiger partial charge in [0.1, 0.15) is 0 Å². The van der Waals surface area contributed by atoms with Crippen LogP contribution in [0.5, 0.6) is 0 Å². The van der Waals surface area contributed by atoms with Crippen LogP contribution in [0.25, 0.3) is 0 Å². The summed E-state index contributed by atoms with van der Waals surface area (Å²) in [5, 5.41) is 17.1. The fraction of sp³-hybridized carbons (Fsp3) is 0.692. The average Bonchev–Trinajstić information content (AvgIpc) is 2.64. The lowest BCUT2D eigenvalue weighted by molar-refractivity contribution is 0.275. The molecule has 1 fully saturated rings. The fourth-order valence-corrected chi connectivity index (χ4v) is 2.41. The van der Waals surface area contributed by atoms with Gasteiger partial charge in [0.15, 0.2) is 5.82 Å². The number of aromatic nitrogens is 2. The Bertz CT molecular complexity index is 339. The number of hydrogen-bond acceptors (Lipinski definition) is 4. The first-order valence-electron chi connectivity index (χ1n) is 6.52. The summed E-state index contributed by atoms with van der Waals surface area (Å²) >= 11 is 0. The Morgan fingerprint density at radius 1 is 1.29 bits per heavy atom. The summed E-state index contributed by atoms with van der Waals surface area (Å²) in [4.78, 5) is 2.31. The molecular weight excluding hydrogens is 214 g/mol. The van der Waals surface area contributed by atoms with E-state index in [1.807, 2.05) is 12.1 Å². The van der Waals surface area contributed by atoms with E-state index in [9.17, 15) is 0 Å². The Kier molecular flexibility index (Phi) is 4.31. The maximum Gasteiger partial charge on any atom is 0.151 e. The Labute approximate surface area is 103 Å². The molecule has 0 amide bonds. The number of anilines is 1. The van der Waals surface area contributed by atoms with Crippen molar-refractivity contribution in [3.8, 4) is 0 Å². The second kappa shape index (κ2) is 5.96. The summed E-state index contributed by atoms with van der Waals surface area (Å²) in [6.07, 6.45) is 5.10. The molecule has 1 aromatic heterocycles. The molecule has 1 N–H and O–H groups in total. The maximum absolute atomic E-state index is 8.93. The standard InChI is InChI=1S/C13H21N3O/c1-2-11-4-3-8-16(9-7-11)13-6-5-12(10-17)14-15-13/h5-6,11,17H,2-4,7-10H2,1H3. The Balaban J connectivity index is 2.01. The molecule has 1 unspecified atom stereocenters. The van der Waals surface area contributed by atoms with Gasteiger partial charge in [-0.05, 0) is 37.3 Å². The van der Waals surface area contributed by atoms with Crippen molar-refractivity contribution in [3.63, 3.8) is 0 Å². The number of aliphatic hydroxyl groups is 1. The van der Waals surface area contributed by atoms with E-state index in [2.05, 4.69) is 22.0 Å². The molecule has 94 valence electrons. The zero-order chi connectivity index (χ0) is 12.1. The van der Waals surface area contributed by atoms with Crippen LogP contribution in [-0.4, -0.2) is 28.4 Å². The predicted octanol–water partition coefficient (Wildman–Crippen LogP) is 1.99. The molecule has 1 saturated heterocycles. The first-order valence-corrected chi connectivity index (χ1v) is 6.52.